The van der Waals surface area contributed by atoms with Crippen LogP contribution in [-0.4, -0.2) is 23.0 Å². The largest absolute Gasteiger partial charge is 0.322 e. The third-order valence-corrected chi connectivity index (χ3v) is 3.53. The van der Waals surface area contributed by atoms with Crippen LogP contribution in [0.5, 0.6) is 0 Å². The Morgan fingerprint density at radius 3 is 2.72 bits per heavy atom. The summed E-state index contributed by atoms with van der Waals surface area (Å²) in [7, 11) is 0. The molecule has 0 spiro atoms. The molecule has 3 heteroatoms. The second-order valence-corrected chi connectivity index (χ2v) is 6.02. The molecule has 94 valence electrons. The molecule has 0 saturated carbocycles. The van der Waals surface area contributed by atoms with Crippen LogP contribution in [0.2, 0.25) is 0 Å². The van der Waals surface area contributed by atoms with Gasteiger partial charge in [-0.05, 0) is 22.9 Å². The summed E-state index contributed by atoms with van der Waals surface area (Å²) >= 11 is 0. The first-order chi connectivity index (χ1) is 8.53. The molecule has 2 heterocycles. The van der Waals surface area contributed by atoms with Crippen molar-refractivity contribution in [3.05, 3.63) is 46.2 Å². The van der Waals surface area contributed by atoms with Crippen molar-refractivity contribution in [2.45, 2.75) is 20.4 Å². The van der Waals surface area contributed by atoms with E-state index in [-0.39, 0.29) is 5.56 Å². The molecule has 1 saturated heterocycles. The molecule has 1 aromatic heterocycles. The molecule has 1 fully saturated rings. The van der Waals surface area contributed by atoms with Crippen molar-refractivity contribution in [2.24, 2.45) is 5.41 Å². The van der Waals surface area contributed by atoms with Gasteiger partial charge in [0.2, 0.25) is 0 Å². The van der Waals surface area contributed by atoms with Crippen LogP contribution in [0.15, 0.2) is 35.1 Å². The molecule has 0 amide bonds. The highest BCUT2D eigenvalue weighted by atomic mass is 16.1. The first-order valence-electron chi connectivity index (χ1n) is 6.37. The van der Waals surface area contributed by atoms with Gasteiger partial charge in [-0.1, -0.05) is 32.0 Å². The summed E-state index contributed by atoms with van der Waals surface area (Å²) in [6, 6.07) is 9.93. The first-order valence-corrected chi connectivity index (χ1v) is 6.37. The van der Waals surface area contributed by atoms with Crippen LogP contribution in [0.25, 0.3) is 10.9 Å². The number of fused-ring (bicyclic) bond motifs is 1. The van der Waals surface area contributed by atoms with Gasteiger partial charge in [0, 0.05) is 30.7 Å². The van der Waals surface area contributed by atoms with Crippen LogP contribution in [-0.2, 0) is 6.54 Å². The van der Waals surface area contributed by atoms with Gasteiger partial charge in [-0.25, -0.2) is 0 Å². The molecule has 1 aromatic carbocycles. The second-order valence-electron chi connectivity index (χ2n) is 6.02. The van der Waals surface area contributed by atoms with Crippen molar-refractivity contribution in [1.82, 2.24) is 9.88 Å². The SMILES string of the molecule is CC1(C)CN(Cc2cc3ccccc3[nH]c2=O)C1. The average molecular weight is 242 g/mol. The van der Waals surface area contributed by atoms with E-state index < -0.39 is 0 Å². The van der Waals surface area contributed by atoms with Crippen molar-refractivity contribution in [3.63, 3.8) is 0 Å². The van der Waals surface area contributed by atoms with Crippen LogP contribution in [0.4, 0.5) is 0 Å². The summed E-state index contributed by atoms with van der Waals surface area (Å²) in [4.78, 5) is 17.3. The van der Waals surface area contributed by atoms with E-state index in [2.05, 4.69) is 23.7 Å². The Labute approximate surface area is 106 Å². The minimum absolute atomic E-state index is 0.0402. The Morgan fingerprint density at radius 2 is 2.00 bits per heavy atom. The fourth-order valence-electron chi connectivity index (χ4n) is 2.83. The van der Waals surface area contributed by atoms with E-state index in [1.807, 2.05) is 30.3 Å². The third-order valence-electron chi connectivity index (χ3n) is 3.53. The van der Waals surface area contributed by atoms with E-state index in [1.165, 1.54) is 0 Å². The number of benzene rings is 1. The Bertz CT molecular complexity index is 634. The molecule has 1 aliphatic rings. The fraction of sp³-hybridized carbons (Fsp3) is 0.400. The molecular formula is C15H18N2O. The summed E-state index contributed by atoms with van der Waals surface area (Å²) in [5.74, 6) is 0. The Balaban J connectivity index is 1.88. The van der Waals surface area contributed by atoms with Crippen LogP contribution in [0, 0.1) is 5.41 Å². The van der Waals surface area contributed by atoms with Crippen LogP contribution in [0.1, 0.15) is 19.4 Å². The number of likely N-dealkylation sites (tertiary alicyclic amines) is 1. The standard InChI is InChI=1S/C15H18N2O/c1-15(2)9-17(10-15)8-12-7-11-5-3-4-6-13(11)16-14(12)18/h3-7H,8-10H2,1-2H3,(H,16,18). The minimum Gasteiger partial charge on any atom is -0.322 e. The predicted molar refractivity (Wildman–Crippen MR) is 73.6 cm³/mol. The van der Waals surface area contributed by atoms with Crippen molar-refractivity contribution < 1.29 is 0 Å². The number of nitrogens with one attached hydrogen (secondary N) is 1. The Hall–Kier alpha value is -1.61. The highest BCUT2D eigenvalue weighted by Crippen LogP contribution is 2.29. The van der Waals surface area contributed by atoms with E-state index in [1.54, 1.807) is 0 Å². The number of pyridine rings is 1. The molecule has 0 radical (unpaired) electrons. The van der Waals surface area contributed by atoms with Crippen LogP contribution in [0.3, 0.4) is 0 Å². The molecule has 18 heavy (non-hydrogen) atoms. The topological polar surface area (TPSA) is 36.1 Å². The molecule has 0 bridgehead atoms. The van der Waals surface area contributed by atoms with Gasteiger partial charge in [0.1, 0.15) is 0 Å². The summed E-state index contributed by atoms with van der Waals surface area (Å²) in [6.45, 7) is 7.41. The lowest BCUT2D eigenvalue weighted by molar-refractivity contribution is 0.0239. The fourth-order valence-corrected chi connectivity index (χ4v) is 2.83. The monoisotopic (exact) mass is 242 g/mol. The van der Waals surface area contributed by atoms with Crippen molar-refractivity contribution in [1.29, 1.82) is 0 Å². The number of para-hydroxylation sites is 1. The molecule has 0 aliphatic carbocycles. The molecule has 0 unspecified atom stereocenters. The first kappa shape index (κ1) is 11.5. The number of hydrogen-bond acceptors (Lipinski definition) is 2. The normalized spacial score (nSPS) is 18.8. The maximum atomic E-state index is 12.0. The van der Waals surface area contributed by atoms with Crippen LogP contribution < -0.4 is 5.56 Å². The zero-order valence-electron chi connectivity index (χ0n) is 10.9. The third kappa shape index (κ3) is 2.06. The smallest absolute Gasteiger partial charge is 0.252 e. The maximum Gasteiger partial charge on any atom is 0.252 e. The second kappa shape index (κ2) is 3.95. The minimum atomic E-state index is 0.0402. The Kier molecular flexibility index (Phi) is 2.52. The van der Waals surface area contributed by atoms with E-state index in [9.17, 15) is 4.79 Å². The van der Waals surface area contributed by atoms with E-state index in [0.29, 0.717) is 5.41 Å². The van der Waals surface area contributed by atoms with E-state index >= 15 is 0 Å². The van der Waals surface area contributed by atoms with E-state index in [0.717, 1.165) is 36.1 Å². The highest BCUT2D eigenvalue weighted by molar-refractivity contribution is 5.78. The molecule has 2 aromatic rings. The molecular weight excluding hydrogens is 224 g/mol. The number of aromatic amines is 1. The quantitative estimate of drug-likeness (QED) is 0.877. The molecule has 0 atom stereocenters. The lowest BCUT2D eigenvalue weighted by Crippen LogP contribution is -2.52. The molecule has 3 rings (SSSR count). The van der Waals surface area contributed by atoms with Crippen LogP contribution >= 0.6 is 0 Å². The number of rotatable bonds is 2. The lowest BCUT2D eigenvalue weighted by atomic mass is 9.84. The van der Waals surface area contributed by atoms with Gasteiger partial charge in [-0.3, -0.25) is 9.69 Å². The Morgan fingerprint density at radius 1 is 1.28 bits per heavy atom. The van der Waals surface area contributed by atoms with E-state index in [4.69, 9.17) is 0 Å². The molecule has 3 nitrogen and oxygen atoms in total. The van der Waals surface area contributed by atoms with Crippen molar-refractivity contribution in [2.75, 3.05) is 13.1 Å². The summed E-state index contributed by atoms with van der Waals surface area (Å²) in [5, 5.41) is 1.10. The van der Waals surface area contributed by atoms with Gasteiger partial charge >= 0.3 is 0 Å². The van der Waals surface area contributed by atoms with Crippen molar-refractivity contribution in [3.8, 4) is 0 Å². The van der Waals surface area contributed by atoms with Gasteiger partial charge in [-0.2, -0.15) is 0 Å². The van der Waals surface area contributed by atoms with Gasteiger partial charge in [0.25, 0.3) is 5.56 Å². The van der Waals surface area contributed by atoms with Crippen molar-refractivity contribution >= 4 is 10.9 Å². The maximum absolute atomic E-state index is 12.0. The zero-order chi connectivity index (χ0) is 12.8. The lowest BCUT2D eigenvalue weighted by Gasteiger charge is -2.45. The summed E-state index contributed by atoms with van der Waals surface area (Å²) in [6.07, 6.45) is 0. The highest BCUT2D eigenvalue weighted by Gasteiger charge is 2.33. The molecule has 1 aliphatic heterocycles. The average Bonchev–Trinajstić information content (AvgIpc) is 2.27. The summed E-state index contributed by atoms with van der Waals surface area (Å²) < 4.78 is 0. The summed E-state index contributed by atoms with van der Waals surface area (Å²) in [5.41, 5.74) is 2.22. The number of nitrogens with zero attached hydrogens (tertiary/aromatic N) is 1. The number of H-pyrrole nitrogens is 1. The zero-order valence-corrected chi connectivity index (χ0v) is 10.9. The number of hydrogen-bond donors (Lipinski definition) is 1. The number of aromatic nitrogens is 1. The van der Waals surface area contributed by atoms with Gasteiger partial charge in [0.15, 0.2) is 0 Å². The van der Waals surface area contributed by atoms with Gasteiger partial charge < -0.3 is 4.98 Å². The predicted octanol–water partition coefficient (Wildman–Crippen LogP) is 2.37. The van der Waals surface area contributed by atoms with Gasteiger partial charge in [0.05, 0.1) is 0 Å². The molecule has 1 N–H and O–H groups in total. The van der Waals surface area contributed by atoms with Gasteiger partial charge in [-0.15, -0.1) is 0 Å².